The standard InChI is InChI=1S/C21H31N5O2/c1-14(2)25-12-18-4-5-19(13-25)26(18)21-22-10-17(11-23-21)16-6-8-24(9-7-16)20(28)15(3)27/h10-11,14,16,18-19H,4-9,12-13H2,1-3H3. The lowest BCUT2D eigenvalue weighted by Crippen LogP contribution is -2.56. The molecule has 7 heteroatoms. The van der Waals surface area contributed by atoms with Gasteiger partial charge in [-0.1, -0.05) is 0 Å². The van der Waals surface area contributed by atoms with E-state index in [2.05, 4.69) is 23.6 Å². The highest BCUT2D eigenvalue weighted by molar-refractivity contribution is 6.35. The van der Waals surface area contributed by atoms with Crippen LogP contribution in [0.15, 0.2) is 12.4 Å². The van der Waals surface area contributed by atoms with Gasteiger partial charge in [0.05, 0.1) is 0 Å². The summed E-state index contributed by atoms with van der Waals surface area (Å²) in [5, 5.41) is 0. The van der Waals surface area contributed by atoms with Crippen LogP contribution >= 0.6 is 0 Å². The first kappa shape index (κ1) is 19.3. The number of piperidine rings is 1. The number of anilines is 1. The summed E-state index contributed by atoms with van der Waals surface area (Å²) in [6, 6.07) is 1.63. The minimum absolute atomic E-state index is 0.360. The molecule has 0 N–H and O–H groups in total. The molecule has 3 aliphatic heterocycles. The molecule has 0 spiro atoms. The number of nitrogens with zero attached hydrogens (tertiary/aromatic N) is 5. The Balaban J connectivity index is 1.39. The fraction of sp³-hybridized carbons (Fsp3) is 0.714. The molecule has 4 rings (SSSR count). The summed E-state index contributed by atoms with van der Waals surface area (Å²) < 4.78 is 0. The lowest BCUT2D eigenvalue weighted by molar-refractivity contribution is -0.144. The predicted molar refractivity (Wildman–Crippen MR) is 107 cm³/mol. The molecule has 7 nitrogen and oxygen atoms in total. The van der Waals surface area contributed by atoms with Gasteiger partial charge in [0.1, 0.15) is 0 Å². The van der Waals surface area contributed by atoms with E-state index in [1.807, 2.05) is 12.4 Å². The van der Waals surface area contributed by atoms with Crippen molar-refractivity contribution in [3.8, 4) is 0 Å². The third-order valence-corrected chi connectivity index (χ3v) is 6.68. The lowest BCUT2D eigenvalue weighted by Gasteiger charge is -2.42. The van der Waals surface area contributed by atoms with Crippen molar-refractivity contribution >= 4 is 17.6 Å². The molecular weight excluding hydrogens is 354 g/mol. The average Bonchev–Trinajstić information content (AvgIpc) is 2.96. The van der Waals surface area contributed by atoms with Crippen molar-refractivity contribution in [2.45, 2.75) is 70.5 Å². The van der Waals surface area contributed by atoms with Gasteiger partial charge in [-0.25, -0.2) is 9.97 Å². The Bertz CT molecular complexity index is 713. The summed E-state index contributed by atoms with van der Waals surface area (Å²) in [4.78, 5) is 39.3. The number of carbonyl (C=O) groups is 2. The first-order chi connectivity index (χ1) is 13.4. The molecule has 0 aromatic carbocycles. The predicted octanol–water partition coefficient (Wildman–Crippen LogP) is 1.83. The monoisotopic (exact) mass is 385 g/mol. The van der Waals surface area contributed by atoms with Crippen molar-refractivity contribution in [1.29, 1.82) is 0 Å². The molecule has 1 aromatic rings. The Labute approximate surface area is 167 Å². The second kappa shape index (κ2) is 7.78. The summed E-state index contributed by atoms with van der Waals surface area (Å²) >= 11 is 0. The zero-order chi connectivity index (χ0) is 19.8. The van der Waals surface area contributed by atoms with Crippen LogP contribution in [0.3, 0.4) is 0 Å². The molecule has 2 atom stereocenters. The maximum Gasteiger partial charge on any atom is 0.289 e. The molecule has 4 heterocycles. The minimum Gasteiger partial charge on any atom is -0.336 e. The largest absolute Gasteiger partial charge is 0.336 e. The molecule has 152 valence electrons. The van der Waals surface area contributed by atoms with Crippen LogP contribution in [-0.4, -0.2) is 75.8 Å². The number of rotatable bonds is 4. The Morgan fingerprint density at radius 1 is 1.00 bits per heavy atom. The third kappa shape index (κ3) is 3.64. The Morgan fingerprint density at radius 3 is 2.07 bits per heavy atom. The van der Waals surface area contributed by atoms with E-state index in [0.29, 0.717) is 37.1 Å². The number of likely N-dealkylation sites (tertiary alicyclic amines) is 2. The highest BCUT2D eigenvalue weighted by atomic mass is 16.2. The normalized spacial score (nSPS) is 26.1. The van der Waals surface area contributed by atoms with E-state index in [1.54, 1.807) is 4.90 Å². The molecule has 2 unspecified atom stereocenters. The van der Waals surface area contributed by atoms with Crippen LogP contribution in [0.4, 0.5) is 5.95 Å². The van der Waals surface area contributed by atoms with E-state index in [9.17, 15) is 9.59 Å². The number of aromatic nitrogens is 2. The van der Waals surface area contributed by atoms with E-state index in [1.165, 1.54) is 19.8 Å². The van der Waals surface area contributed by atoms with Crippen LogP contribution in [0.2, 0.25) is 0 Å². The zero-order valence-electron chi connectivity index (χ0n) is 17.2. The molecule has 3 fully saturated rings. The van der Waals surface area contributed by atoms with Gasteiger partial charge in [0.25, 0.3) is 5.91 Å². The second-order valence-electron chi connectivity index (χ2n) is 8.78. The summed E-state index contributed by atoms with van der Waals surface area (Å²) in [7, 11) is 0. The first-order valence-corrected chi connectivity index (χ1v) is 10.6. The number of hydrogen-bond donors (Lipinski definition) is 0. The molecule has 0 saturated carbocycles. The van der Waals surface area contributed by atoms with Crippen molar-refractivity contribution in [2.75, 3.05) is 31.1 Å². The van der Waals surface area contributed by atoms with Crippen molar-refractivity contribution < 1.29 is 9.59 Å². The summed E-state index contributed by atoms with van der Waals surface area (Å²) in [6.07, 6.45) is 8.12. The van der Waals surface area contributed by atoms with Crippen molar-refractivity contribution in [2.24, 2.45) is 0 Å². The number of amides is 1. The summed E-state index contributed by atoms with van der Waals surface area (Å²) in [5.74, 6) is 0.489. The zero-order valence-corrected chi connectivity index (χ0v) is 17.2. The highest BCUT2D eigenvalue weighted by Crippen LogP contribution is 2.34. The van der Waals surface area contributed by atoms with Crippen molar-refractivity contribution in [3.63, 3.8) is 0 Å². The molecular formula is C21H31N5O2. The molecule has 2 bridgehead atoms. The van der Waals surface area contributed by atoms with E-state index >= 15 is 0 Å². The van der Waals surface area contributed by atoms with Gasteiger partial charge in [-0.15, -0.1) is 0 Å². The fourth-order valence-electron chi connectivity index (χ4n) is 5.00. The van der Waals surface area contributed by atoms with Gasteiger partial charge in [-0.05, 0) is 51.0 Å². The van der Waals surface area contributed by atoms with Gasteiger partial charge in [-0.3, -0.25) is 14.5 Å². The van der Waals surface area contributed by atoms with Gasteiger partial charge < -0.3 is 9.80 Å². The van der Waals surface area contributed by atoms with Gasteiger partial charge in [0.15, 0.2) is 0 Å². The quantitative estimate of drug-likeness (QED) is 0.737. The molecule has 0 aliphatic carbocycles. The van der Waals surface area contributed by atoms with Crippen molar-refractivity contribution in [1.82, 2.24) is 19.8 Å². The van der Waals surface area contributed by atoms with Gasteiger partial charge in [0.2, 0.25) is 11.7 Å². The van der Waals surface area contributed by atoms with E-state index in [0.717, 1.165) is 37.4 Å². The second-order valence-corrected chi connectivity index (χ2v) is 8.78. The Kier molecular flexibility index (Phi) is 5.36. The number of piperazine rings is 1. The van der Waals surface area contributed by atoms with E-state index < -0.39 is 0 Å². The van der Waals surface area contributed by atoms with Crippen LogP contribution in [-0.2, 0) is 9.59 Å². The number of carbonyl (C=O) groups excluding carboxylic acids is 2. The minimum atomic E-state index is -0.377. The SMILES string of the molecule is CC(=O)C(=O)N1CCC(c2cnc(N3C4CCC3CN(C(C)C)C4)nc2)CC1. The Hall–Kier alpha value is -2.02. The number of hydrogen-bond acceptors (Lipinski definition) is 6. The molecule has 3 aliphatic rings. The van der Waals surface area contributed by atoms with Crippen LogP contribution in [0.25, 0.3) is 0 Å². The molecule has 1 amide bonds. The van der Waals surface area contributed by atoms with Gasteiger partial charge in [0, 0.05) is 63.6 Å². The lowest BCUT2D eigenvalue weighted by atomic mass is 9.91. The van der Waals surface area contributed by atoms with Gasteiger partial charge in [-0.2, -0.15) is 0 Å². The first-order valence-electron chi connectivity index (χ1n) is 10.6. The van der Waals surface area contributed by atoms with Crippen LogP contribution < -0.4 is 4.90 Å². The smallest absolute Gasteiger partial charge is 0.289 e. The van der Waals surface area contributed by atoms with E-state index in [-0.39, 0.29) is 11.7 Å². The molecule has 1 aromatic heterocycles. The van der Waals surface area contributed by atoms with Crippen molar-refractivity contribution in [3.05, 3.63) is 18.0 Å². The number of fused-ring (bicyclic) bond motifs is 2. The van der Waals surface area contributed by atoms with Crippen LogP contribution in [0.1, 0.15) is 57.9 Å². The van der Waals surface area contributed by atoms with Gasteiger partial charge >= 0.3 is 0 Å². The summed E-state index contributed by atoms with van der Waals surface area (Å²) in [6.45, 7) is 9.35. The fourth-order valence-corrected chi connectivity index (χ4v) is 5.00. The van der Waals surface area contributed by atoms with Crippen LogP contribution in [0, 0.1) is 0 Å². The highest BCUT2D eigenvalue weighted by Gasteiger charge is 2.41. The maximum atomic E-state index is 11.8. The topological polar surface area (TPSA) is 69.6 Å². The molecule has 3 saturated heterocycles. The third-order valence-electron chi connectivity index (χ3n) is 6.68. The maximum absolute atomic E-state index is 11.8. The Morgan fingerprint density at radius 2 is 1.57 bits per heavy atom. The van der Waals surface area contributed by atoms with E-state index in [4.69, 9.17) is 9.97 Å². The number of Topliss-reactive ketones (excluding diaryl/α,β-unsaturated/α-hetero) is 1. The average molecular weight is 386 g/mol. The molecule has 28 heavy (non-hydrogen) atoms. The summed E-state index contributed by atoms with van der Waals surface area (Å²) in [5.41, 5.74) is 1.15. The van der Waals surface area contributed by atoms with Crippen LogP contribution in [0.5, 0.6) is 0 Å². The molecule has 0 radical (unpaired) electrons. The number of ketones is 1.